The standard InChI is InChI=1S/C14H14F3N3O/c15-14(16,17)6-3-7-21-12-8-10(13(18)19)9-4-1-2-5-11(9)20-12/h1-2,4-5,8H,3,6-7H2,(H3,18,19). The Hall–Kier alpha value is -2.31. The summed E-state index contributed by atoms with van der Waals surface area (Å²) < 4.78 is 41.4. The Morgan fingerprint density at radius 2 is 2.00 bits per heavy atom. The first kappa shape index (κ1) is 15.1. The molecule has 0 saturated heterocycles. The highest BCUT2D eigenvalue weighted by Crippen LogP contribution is 2.23. The average Bonchev–Trinajstić information content (AvgIpc) is 2.41. The van der Waals surface area contributed by atoms with Crippen LogP contribution in [0.3, 0.4) is 0 Å². The van der Waals surface area contributed by atoms with Crippen molar-refractivity contribution >= 4 is 16.7 Å². The van der Waals surface area contributed by atoms with Crippen LogP contribution < -0.4 is 10.5 Å². The number of nitrogens with two attached hydrogens (primary N) is 1. The summed E-state index contributed by atoms with van der Waals surface area (Å²) in [6, 6.07) is 8.53. The fourth-order valence-corrected chi connectivity index (χ4v) is 1.90. The van der Waals surface area contributed by atoms with Crippen molar-refractivity contribution in [3.8, 4) is 5.88 Å². The van der Waals surface area contributed by atoms with Gasteiger partial charge >= 0.3 is 6.18 Å². The monoisotopic (exact) mass is 297 g/mol. The van der Waals surface area contributed by atoms with E-state index in [0.717, 1.165) is 0 Å². The lowest BCUT2D eigenvalue weighted by molar-refractivity contribution is -0.136. The number of pyridine rings is 1. The Morgan fingerprint density at radius 3 is 2.67 bits per heavy atom. The first-order valence-electron chi connectivity index (χ1n) is 6.30. The van der Waals surface area contributed by atoms with Crippen molar-refractivity contribution in [2.24, 2.45) is 5.73 Å². The third kappa shape index (κ3) is 4.08. The number of amidine groups is 1. The number of alkyl halides is 3. The van der Waals surface area contributed by atoms with E-state index >= 15 is 0 Å². The van der Waals surface area contributed by atoms with Crippen LogP contribution in [0.5, 0.6) is 5.88 Å². The number of aromatic nitrogens is 1. The predicted octanol–water partition coefficient (Wildman–Crippen LogP) is 3.24. The van der Waals surface area contributed by atoms with Gasteiger partial charge in [-0.3, -0.25) is 5.41 Å². The van der Waals surface area contributed by atoms with E-state index in [4.69, 9.17) is 15.9 Å². The highest BCUT2D eigenvalue weighted by molar-refractivity contribution is 6.06. The molecule has 1 aromatic heterocycles. The van der Waals surface area contributed by atoms with E-state index in [1.54, 1.807) is 24.3 Å². The van der Waals surface area contributed by atoms with Crippen molar-refractivity contribution in [3.05, 3.63) is 35.9 Å². The van der Waals surface area contributed by atoms with Crippen LogP contribution in [0.25, 0.3) is 10.9 Å². The van der Waals surface area contributed by atoms with Crippen molar-refractivity contribution in [3.63, 3.8) is 0 Å². The largest absolute Gasteiger partial charge is 0.478 e. The molecule has 2 aromatic rings. The third-order valence-electron chi connectivity index (χ3n) is 2.84. The molecular weight excluding hydrogens is 283 g/mol. The normalized spacial score (nSPS) is 11.6. The molecule has 7 heteroatoms. The smallest absolute Gasteiger partial charge is 0.389 e. The van der Waals surface area contributed by atoms with Gasteiger partial charge in [0.15, 0.2) is 0 Å². The highest BCUT2D eigenvalue weighted by atomic mass is 19.4. The minimum Gasteiger partial charge on any atom is -0.478 e. The fraction of sp³-hybridized carbons (Fsp3) is 0.286. The van der Waals surface area contributed by atoms with Gasteiger partial charge < -0.3 is 10.5 Å². The Labute approximate surface area is 119 Å². The molecule has 0 spiro atoms. The maximum absolute atomic E-state index is 12.0. The lowest BCUT2D eigenvalue weighted by Gasteiger charge is -2.10. The molecule has 0 aliphatic heterocycles. The van der Waals surface area contributed by atoms with E-state index in [1.165, 1.54) is 6.07 Å². The highest BCUT2D eigenvalue weighted by Gasteiger charge is 2.26. The van der Waals surface area contributed by atoms with Gasteiger partial charge in [-0.2, -0.15) is 13.2 Å². The van der Waals surface area contributed by atoms with E-state index in [2.05, 4.69) is 4.98 Å². The molecule has 0 saturated carbocycles. The summed E-state index contributed by atoms with van der Waals surface area (Å²) in [7, 11) is 0. The van der Waals surface area contributed by atoms with Crippen LogP contribution in [0.4, 0.5) is 13.2 Å². The van der Waals surface area contributed by atoms with Crippen molar-refractivity contribution < 1.29 is 17.9 Å². The summed E-state index contributed by atoms with van der Waals surface area (Å²) in [5.74, 6) is 0.0230. The first-order valence-corrected chi connectivity index (χ1v) is 6.30. The molecule has 3 N–H and O–H groups in total. The summed E-state index contributed by atoms with van der Waals surface area (Å²) in [5.41, 5.74) is 6.54. The Bertz CT molecular complexity index is 655. The molecule has 0 bridgehead atoms. The number of nitrogens with zero attached hydrogens (tertiary/aromatic N) is 1. The molecule has 0 radical (unpaired) electrons. The van der Waals surface area contributed by atoms with Gasteiger partial charge in [-0.25, -0.2) is 4.98 Å². The zero-order valence-corrected chi connectivity index (χ0v) is 11.1. The molecule has 0 fully saturated rings. The lowest BCUT2D eigenvalue weighted by Crippen LogP contribution is -2.13. The van der Waals surface area contributed by atoms with Gasteiger partial charge in [0.1, 0.15) is 5.84 Å². The molecule has 21 heavy (non-hydrogen) atoms. The van der Waals surface area contributed by atoms with Gasteiger partial charge in [0.2, 0.25) is 5.88 Å². The number of ether oxygens (including phenoxy) is 1. The Morgan fingerprint density at radius 1 is 1.29 bits per heavy atom. The molecule has 1 aromatic carbocycles. The minimum atomic E-state index is -4.19. The summed E-state index contributed by atoms with van der Waals surface area (Å²) in [5, 5.41) is 8.26. The van der Waals surface area contributed by atoms with Crippen molar-refractivity contribution in [1.82, 2.24) is 4.98 Å². The van der Waals surface area contributed by atoms with E-state index in [1.807, 2.05) is 0 Å². The second kappa shape index (κ2) is 5.99. The van der Waals surface area contributed by atoms with E-state index in [0.29, 0.717) is 16.5 Å². The van der Waals surface area contributed by atoms with Crippen molar-refractivity contribution in [1.29, 1.82) is 5.41 Å². The van der Waals surface area contributed by atoms with Crippen LogP contribution >= 0.6 is 0 Å². The summed E-state index contributed by atoms with van der Waals surface area (Å²) in [4.78, 5) is 4.20. The number of para-hydroxylation sites is 1. The van der Waals surface area contributed by atoms with Crippen LogP contribution in [0.15, 0.2) is 30.3 Å². The minimum absolute atomic E-state index is 0.0950. The zero-order chi connectivity index (χ0) is 15.5. The van der Waals surface area contributed by atoms with Gasteiger partial charge in [-0.15, -0.1) is 0 Å². The number of rotatable bonds is 5. The molecule has 0 unspecified atom stereocenters. The Balaban J connectivity index is 2.15. The molecule has 4 nitrogen and oxygen atoms in total. The number of nitrogens with one attached hydrogen (secondary N) is 1. The number of hydrogen-bond donors (Lipinski definition) is 2. The number of nitrogen functional groups attached to an aromatic ring is 1. The molecule has 0 amide bonds. The second-order valence-corrected chi connectivity index (χ2v) is 4.51. The molecule has 1 heterocycles. The third-order valence-corrected chi connectivity index (χ3v) is 2.84. The second-order valence-electron chi connectivity index (χ2n) is 4.51. The quantitative estimate of drug-likeness (QED) is 0.505. The van der Waals surface area contributed by atoms with Crippen molar-refractivity contribution in [2.45, 2.75) is 19.0 Å². The summed E-state index contributed by atoms with van der Waals surface area (Å²) in [6.07, 6.45) is -5.24. The van der Waals surface area contributed by atoms with Crippen LogP contribution in [-0.4, -0.2) is 23.6 Å². The summed E-state index contributed by atoms with van der Waals surface area (Å²) >= 11 is 0. The zero-order valence-electron chi connectivity index (χ0n) is 11.1. The fourth-order valence-electron chi connectivity index (χ4n) is 1.90. The predicted molar refractivity (Wildman–Crippen MR) is 73.5 cm³/mol. The van der Waals surface area contributed by atoms with Gasteiger partial charge in [0.25, 0.3) is 0 Å². The molecule has 0 atom stereocenters. The van der Waals surface area contributed by atoms with Gasteiger partial charge in [0, 0.05) is 23.4 Å². The van der Waals surface area contributed by atoms with Gasteiger partial charge in [0.05, 0.1) is 12.1 Å². The van der Waals surface area contributed by atoms with Crippen LogP contribution in [-0.2, 0) is 0 Å². The van der Waals surface area contributed by atoms with Crippen LogP contribution in [0, 0.1) is 5.41 Å². The Kier molecular flexibility index (Phi) is 4.30. The number of halogens is 3. The van der Waals surface area contributed by atoms with Gasteiger partial charge in [-0.1, -0.05) is 18.2 Å². The van der Waals surface area contributed by atoms with E-state index in [-0.39, 0.29) is 24.7 Å². The SMILES string of the molecule is N=C(N)c1cc(OCCCC(F)(F)F)nc2ccccc12. The number of fused-ring (bicyclic) bond motifs is 1. The van der Waals surface area contributed by atoms with Crippen LogP contribution in [0.2, 0.25) is 0 Å². The maximum Gasteiger partial charge on any atom is 0.389 e. The van der Waals surface area contributed by atoms with Crippen LogP contribution in [0.1, 0.15) is 18.4 Å². The average molecular weight is 297 g/mol. The molecule has 2 rings (SSSR count). The molecule has 0 aliphatic rings. The van der Waals surface area contributed by atoms with E-state index < -0.39 is 12.6 Å². The summed E-state index contributed by atoms with van der Waals surface area (Å²) in [6.45, 7) is -0.0950. The first-order chi connectivity index (χ1) is 9.87. The number of hydrogen-bond acceptors (Lipinski definition) is 3. The number of benzene rings is 1. The lowest BCUT2D eigenvalue weighted by atomic mass is 10.1. The maximum atomic E-state index is 12.0. The van der Waals surface area contributed by atoms with E-state index in [9.17, 15) is 13.2 Å². The molecule has 0 aliphatic carbocycles. The van der Waals surface area contributed by atoms with Gasteiger partial charge in [-0.05, 0) is 12.5 Å². The topological polar surface area (TPSA) is 72.0 Å². The molecule has 112 valence electrons. The molecular formula is C14H14F3N3O. The van der Waals surface area contributed by atoms with Crippen molar-refractivity contribution in [2.75, 3.05) is 6.61 Å².